The molecule has 0 saturated carbocycles. The molecule has 0 spiro atoms. The van der Waals surface area contributed by atoms with E-state index in [2.05, 4.69) is 32.7 Å². The average molecular weight is 153 g/mol. The molecule has 1 heteroatoms. The monoisotopic (exact) mass is 153 g/mol. The SMILES string of the molecule is CCC1(C)CC(C)=NCC1C. The van der Waals surface area contributed by atoms with Crippen molar-refractivity contribution >= 4 is 5.71 Å². The van der Waals surface area contributed by atoms with Crippen molar-refractivity contribution in [1.29, 1.82) is 0 Å². The van der Waals surface area contributed by atoms with Gasteiger partial charge in [-0.2, -0.15) is 0 Å². The number of aliphatic imine (C=N–C) groups is 1. The summed E-state index contributed by atoms with van der Waals surface area (Å²) < 4.78 is 0. The van der Waals surface area contributed by atoms with E-state index in [-0.39, 0.29) is 0 Å². The van der Waals surface area contributed by atoms with Crippen molar-refractivity contribution in [1.82, 2.24) is 0 Å². The van der Waals surface area contributed by atoms with Crippen LogP contribution in [-0.2, 0) is 0 Å². The van der Waals surface area contributed by atoms with Gasteiger partial charge in [0.15, 0.2) is 0 Å². The summed E-state index contributed by atoms with van der Waals surface area (Å²) in [4.78, 5) is 4.47. The van der Waals surface area contributed by atoms with Gasteiger partial charge in [-0.05, 0) is 24.7 Å². The Labute approximate surface area is 69.9 Å². The molecule has 0 N–H and O–H groups in total. The van der Waals surface area contributed by atoms with Gasteiger partial charge in [-0.3, -0.25) is 4.99 Å². The number of rotatable bonds is 1. The third-order valence-electron chi connectivity index (χ3n) is 3.29. The molecule has 11 heavy (non-hydrogen) atoms. The second-order valence-corrected chi connectivity index (χ2v) is 4.16. The van der Waals surface area contributed by atoms with Crippen molar-refractivity contribution < 1.29 is 0 Å². The quantitative estimate of drug-likeness (QED) is 0.549. The van der Waals surface area contributed by atoms with Crippen molar-refractivity contribution in [3.05, 3.63) is 0 Å². The highest BCUT2D eigenvalue weighted by Gasteiger charge is 2.32. The summed E-state index contributed by atoms with van der Waals surface area (Å²) in [5, 5.41) is 0. The van der Waals surface area contributed by atoms with Gasteiger partial charge in [-0.1, -0.05) is 27.2 Å². The average Bonchev–Trinajstić information content (AvgIpc) is 1.98. The molecule has 1 heterocycles. The van der Waals surface area contributed by atoms with Gasteiger partial charge in [0, 0.05) is 12.3 Å². The Morgan fingerprint density at radius 1 is 1.64 bits per heavy atom. The van der Waals surface area contributed by atoms with Crippen LogP contribution >= 0.6 is 0 Å². The molecule has 0 aromatic carbocycles. The van der Waals surface area contributed by atoms with Gasteiger partial charge in [0.2, 0.25) is 0 Å². The van der Waals surface area contributed by atoms with E-state index in [1.165, 1.54) is 18.6 Å². The van der Waals surface area contributed by atoms with Crippen molar-refractivity contribution in [2.75, 3.05) is 6.54 Å². The second kappa shape index (κ2) is 2.96. The standard InChI is InChI=1S/C10H19N/c1-5-10(4)6-9(3)11-7-8(10)2/h8H,5-7H2,1-4H3. The maximum Gasteiger partial charge on any atom is 0.0419 e. The van der Waals surface area contributed by atoms with Gasteiger partial charge in [0.1, 0.15) is 0 Å². The number of hydrogen-bond acceptors (Lipinski definition) is 1. The Morgan fingerprint density at radius 3 is 2.73 bits per heavy atom. The molecule has 0 bridgehead atoms. The third kappa shape index (κ3) is 1.63. The first-order valence-corrected chi connectivity index (χ1v) is 4.58. The summed E-state index contributed by atoms with van der Waals surface area (Å²) in [6.45, 7) is 10.2. The summed E-state index contributed by atoms with van der Waals surface area (Å²) in [5.41, 5.74) is 1.86. The molecule has 1 aliphatic heterocycles. The lowest BCUT2D eigenvalue weighted by Crippen LogP contribution is -2.32. The first-order valence-electron chi connectivity index (χ1n) is 4.58. The van der Waals surface area contributed by atoms with E-state index in [4.69, 9.17) is 0 Å². The fourth-order valence-corrected chi connectivity index (χ4v) is 1.80. The number of nitrogens with zero attached hydrogens (tertiary/aromatic N) is 1. The van der Waals surface area contributed by atoms with E-state index in [1.807, 2.05) is 0 Å². The van der Waals surface area contributed by atoms with Crippen LogP contribution in [0.15, 0.2) is 4.99 Å². The summed E-state index contributed by atoms with van der Waals surface area (Å²) in [6.07, 6.45) is 2.48. The second-order valence-electron chi connectivity index (χ2n) is 4.16. The van der Waals surface area contributed by atoms with Gasteiger partial charge in [-0.15, -0.1) is 0 Å². The van der Waals surface area contributed by atoms with Crippen molar-refractivity contribution in [3.8, 4) is 0 Å². The van der Waals surface area contributed by atoms with E-state index in [0.717, 1.165) is 12.5 Å². The predicted octanol–water partition coefficient (Wildman–Crippen LogP) is 2.90. The largest absolute Gasteiger partial charge is 0.294 e. The minimum atomic E-state index is 0.520. The van der Waals surface area contributed by atoms with E-state index in [0.29, 0.717) is 5.41 Å². The Hall–Kier alpha value is -0.330. The van der Waals surface area contributed by atoms with Crippen LogP contribution in [-0.4, -0.2) is 12.3 Å². The molecule has 1 nitrogen and oxygen atoms in total. The molecule has 0 amide bonds. The van der Waals surface area contributed by atoms with E-state index in [9.17, 15) is 0 Å². The molecule has 0 aromatic heterocycles. The highest BCUT2D eigenvalue weighted by molar-refractivity contribution is 5.83. The van der Waals surface area contributed by atoms with Crippen LogP contribution in [0, 0.1) is 11.3 Å². The molecule has 0 aromatic rings. The first-order chi connectivity index (χ1) is 5.08. The molecule has 0 radical (unpaired) electrons. The topological polar surface area (TPSA) is 12.4 Å². The van der Waals surface area contributed by atoms with Crippen LogP contribution in [0.25, 0.3) is 0 Å². The zero-order valence-electron chi connectivity index (χ0n) is 8.15. The van der Waals surface area contributed by atoms with Crippen LogP contribution < -0.4 is 0 Å². The molecule has 0 fully saturated rings. The Bertz CT molecular complexity index is 172. The van der Waals surface area contributed by atoms with E-state index < -0.39 is 0 Å². The minimum absolute atomic E-state index is 0.520. The van der Waals surface area contributed by atoms with Crippen molar-refractivity contribution in [2.24, 2.45) is 16.3 Å². The maximum absolute atomic E-state index is 4.47. The fourth-order valence-electron chi connectivity index (χ4n) is 1.80. The molecule has 64 valence electrons. The molecule has 2 unspecified atom stereocenters. The van der Waals surface area contributed by atoms with Crippen molar-refractivity contribution in [2.45, 2.75) is 40.5 Å². The van der Waals surface area contributed by atoms with Crippen LogP contribution in [0.3, 0.4) is 0 Å². The fraction of sp³-hybridized carbons (Fsp3) is 0.900. The van der Waals surface area contributed by atoms with Gasteiger partial charge in [0.05, 0.1) is 0 Å². The van der Waals surface area contributed by atoms with Crippen LogP contribution in [0.1, 0.15) is 40.5 Å². The Balaban J connectivity index is 2.74. The minimum Gasteiger partial charge on any atom is -0.294 e. The van der Waals surface area contributed by atoms with E-state index in [1.54, 1.807) is 0 Å². The highest BCUT2D eigenvalue weighted by atomic mass is 14.8. The first kappa shape index (κ1) is 8.76. The van der Waals surface area contributed by atoms with E-state index >= 15 is 0 Å². The van der Waals surface area contributed by atoms with Gasteiger partial charge >= 0.3 is 0 Å². The Morgan fingerprint density at radius 2 is 2.27 bits per heavy atom. The van der Waals surface area contributed by atoms with Crippen molar-refractivity contribution in [3.63, 3.8) is 0 Å². The van der Waals surface area contributed by atoms with Crippen LogP contribution in [0.5, 0.6) is 0 Å². The molecular formula is C10H19N. The zero-order chi connectivity index (χ0) is 8.48. The third-order valence-corrected chi connectivity index (χ3v) is 3.29. The maximum atomic E-state index is 4.47. The number of hydrogen-bond donors (Lipinski definition) is 0. The molecular weight excluding hydrogens is 134 g/mol. The lowest BCUT2D eigenvalue weighted by atomic mass is 9.71. The Kier molecular flexibility index (Phi) is 2.36. The smallest absolute Gasteiger partial charge is 0.0419 e. The summed E-state index contributed by atoms with van der Waals surface area (Å²) in [5.74, 6) is 0.760. The lowest BCUT2D eigenvalue weighted by Gasteiger charge is -2.37. The van der Waals surface area contributed by atoms with Crippen LogP contribution in [0.4, 0.5) is 0 Å². The molecule has 1 aliphatic rings. The van der Waals surface area contributed by atoms with Gasteiger partial charge in [0.25, 0.3) is 0 Å². The molecule has 0 saturated heterocycles. The summed E-state index contributed by atoms with van der Waals surface area (Å²) in [7, 11) is 0. The lowest BCUT2D eigenvalue weighted by molar-refractivity contribution is 0.198. The summed E-state index contributed by atoms with van der Waals surface area (Å²) >= 11 is 0. The molecule has 0 aliphatic carbocycles. The molecule has 2 atom stereocenters. The predicted molar refractivity (Wildman–Crippen MR) is 50.2 cm³/mol. The highest BCUT2D eigenvalue weighted by Crippen LogP contribution is 2.37. The molecule has 1 rings (SSSR count). The van der Waals surface area contributed by atoms with Gasteiger partial charge in [-0.25, -0.2) is 0 Å². The van der Waals surface area contributed by atoms with Gasteiger partial charge < -0.3 is 0 Å². The summed E-state index contributed by atoms with van der Waals surface area (Å²) in [6, 6.07) is 0. The van der Waals surface area contributed by atoms with Crippen LogP contribution in [0.2, 0.25) is 0 Å². The normalized spacial score (nSPS) is 38.5. The zero-order valence-corrected chi connectivity index (χ0v) is 8.15.